The van der Waals surface area contributed by atoms with Crippen LogP contribution in [0.4, 0.5) is 0 Å². The highest BCUT2D eigenvalue weighted by molar-refractivity contribution is 4.73. The molecular formula is C20H41NO. The van der Waals surface area contributed by atoms with E-state index in [4.69, 9.17) is 4.74 Å². The maximum atomic E-state index is 5.76. The zero-order valence-electron chi connectivity index (χ0n) is 15.4. The van der Waals surface area contributed by atoms with Crippen LogP contribution < -0.4 is 5.32 Å². The van der Waals surface area contributed by atoms with Crippen molar-refractivity contribution in [3.63, 3.8) is 0 Å². The fraction of sp³-hybridized carbons (Fsp3) is 1.00. The molecule has 132 valence electrons. The first-order valence-corrected chi connectivity index (χ1v) is 10.2. The normalized spacial score (nSPS) is 18.4. The molecule has 1 atom stereocenters. The van der Waals surface area contributed by atoms with Gasteiger partial charge >= 0.3 is 0 Å². The van der Waals surface area contributed by atoms with Crippen LogP contribution in [0.1, 0.15) is 104 Å². The molecule has 0 saturated carbocycles. The summed E-state index contributed by atoms with van der Waals surface area (Å²) in [5, 5.41) is 3.82. The maximum Gasteiger partial charge on any atom is 0.0700 e. The molecule has 1 aliphatic rings. The number of rotatable bonds is 15. The molecule has 0 bridgehead atoms. The smallest absolute Gasteiger partial charge is 0.0700 e. The molecule has 1 aliphatic heterocycles. The zero-order valence-corrected chi connectivity index (χ0v) is 15.4. The Morgan fingerprint density at radius 2 is 1.45 bits per heavy atom. The van der Waals surface area contributed by atoms with E-state index in [1.807, 2.05) is 0 Å². The van der Waals surface area contributed by atoms with Crippen molar-refractivity contribution in [1.29, 1.82) is 0 Å². The van der Waals surface area contributed by atoms with Gasteiger partial charge in [-0.05, 0) is 25.7 Å². The van der Waals surface area contributed by atoms with E-state index in [-0.39, 0.29) is 0 Å². The molecule has 1 saturated heterocycles. The number of unbranched alkanes of at least 4 members (excludes halogenated alkanes) is 8. The van der Waals surface area contributed by atoms with Gasteiger partial charge in [0.2, 0.25) is 0 Å². The molecule has 1 N–H and O–H groups in total. The summed E-state index contributed by atoms with van der Waals surface area (Å²) in [5.41, 5.74) is 0. The molecule has 0 spiro atoms. The Labute approximate surface area is 139 Å². The minimum atomic E-state index is 0.489. The van der Waals surface area contributed by atoms with Crippen molar-refractivity contribution in [3.05, 3.63) is 0 Å². The van der Waals surface area contributed by atoms with Crippen molar-refractivity contribution < 1.29 is 4.74 Å². The summed E-state index contributed by atoms with van der Waals surface area (Å²) in [6, 6.07) is 0.729. The van der Waals surface area contributed by atoms with Gasteiger partial charge in [0.05, 0.1) is 6.10 Å². The first kappa shape index (κ1) is 20.0. The topological polar surface area (TPSA) is 21.3 Å². The number of hydrogen-bond acceptors (Lipinski definition) is 2. The summed E-state index contributed by atoms with van der Waals surface area (Å²) in [4.78, 5) is 0. The van der Waals surface area contributed by atoms with Gasteiger partial charge in [0.25, 0.3) is 0 Å². The average Bonchev–Trinajstić information content (AvgIpc) is 3.04. The fourth-order valence-electron chi connectivity index (χ4n) is 3.44. The third kappa shape index (κ3) is 10.6. The fourth-order valence-corrected chi connectivity index (χ4v) is 3.44. The summed E-state index contributed by atoms with van der Waals surface area (Å²) in [6.45, 7) is 6.64. The number of hydrogen-bond donors (Lipinski definition) is 1. The molecule has 0 radical (unpaired) electrons. The highest BCUT2D eigenvalue weighted by Crippen LogP contribution is 2.15. The van der Waals surface area contributed by atoms with E-state index in [0.717, 1.165) is 19.2 Å². The molecule has 0 aromatic rings. The van der Waals surface area contributed by atoms with Crippen molar-refractivity contribution in [3.8, 4) is 0 Å². The summed E-state index contributed by atoms with van der Waals surface area (Å²) >= 11 is 0. The Morgan fingerprint density at radius 3 is 1.95 bits per heavy atom. The monoisotopic (exact) mass is 311 g/mol. The van der Waals surface area contributed by atoms with Crippen LogP contribution in [0.2, 0.25) is 0 Å². The molecule has 22 heavy (non-hydrogen) atoms. The van der Waals surface area contributed by atoms with Gasteiger partial charge in [-0.3, -0.25) is 0 Å². The van der Waals surface area contributed by atoms with E-state index >= 15 is 0 Å². The lowest BCUT2D eigenvalue weighted by Crippen LogP contribution is -2.35. The number of nitrogens with one attached hydrogen (secondary N) is 1. The van der Waals surface area contributed by atoms with Crippen molar-refractivity contribution >= 4 is 0 Å². The van der Waals surface area contributed by atoms with Gasteiger partial charge in [-0.1, -0.05) is 78.1 Å². The minimum Gasteiger partial charge on any atom is -0.377 e. The van der Waals surface area contributed by atoms with Crippen LogP contribution in [0.25, 0.3) is 0 Å². The molecule has 0 amide bonds. The molecule has 0 aliphatic carbocycles. The van der Waals surface area contributed by atoms with Crippen molar-refractivity contribution in [2.75, 3.05) is 13.2 Å². The highest BCUT2D eigenvalue weighted by Gasteiger charge is 2.17. The van der Waals surface area contributed by atoms with Crippen LogP contribution in [0.15, 0.2) is 0 Å². The van der Waals surface area contributed by atoms with E-state index in [1.54, 1.807) is 0 Å². The van der Waals surface area contributed by atoms with Crippen LogP contribution in [-0.2, 0) is 4.74 Å². The van der Waals surface area contributed by atoms with Crippen LogP contribution in [0, 0.1) is 0 Å². The van der Waals surface area contributed by atoms with Crippen molar-refractivity contribution in [1.82, 2.24) is 5.32 Å². The van der Waals surface area contributed by atoms with E-state index < -0.39 is 0 Å². The molecule has 0 aromatic carbocycles. The Morgan fingerprint density at radius 1 is 0.864 bits per heavy atom. The maximum absolute atomic E-state index is 5.76. The predicted molar refractivity (Wildman–Crippen MR) is 97.5 cm³/mol. The van der Waals surface area contributed by atoms with Gasteiger partial charge in [0, 0.05) is 19.2 Å². The van der Waals surface area contributed by atoms with Gasteiger partial charge in [-0.25, -0.2) is 0 Å². The van der Waals surface area contributed by atoms with E-state index in [1.165, 1.54) is 89.9 Å². The van der Waals surface area contributed by atoms with E-state index in [0.29, 0.717) is 6.10 Å². The van der Waals surface area contributed by atoms with Gasteiger partial charge in [-0.2, -0.15) is 0 Å². The lowest BCUT2D eigenvalue weighted by Gasteiger charge is -2.21. The summed E-state index contributed by atoms with van der Waals surface area (Å²) < 4.78 is 5.76. The SMILES string of the molecule is CCCCCCCC(CCCCCCC)NCC1CCCO1. The van der Waals surface area contributed by atoms with Gasteiger partial charge in [0.15, 0.2) is 0 Å². The summed E-state index contributed by atoms with van der Waals surface area (Å²) in [6.07, 6.45) is 19.7. The lowest BCUT2D eigenvalue weighted by atomic mass is 10.00. The highest BCUT2D eigenvalue weighted by atomic mass is 16.5. The second-order valence-electron chi connectivity index (χ2n) is 7.15. The average molecular weight is 312 g/mol. The molecular weight excluding hydrogens is 270 g/mol. The van der Waals surface area contributed by atoms with Crippen LogP contribution >= 0.6 is 0 Å². The van der Waals surface area contributed by atoms with Crippen LogP contribution in [0.5, 0.6) is 0 Å². The first-order chi connectivity index (χ1) is 10.9. The molecule has 0 aromatic heterocycles. The predicted octanol–water partition coefficient (Wildman–Crippen LogP) is 5.84. The van der Waals surface area contributed by atoms with E-state index in [2.05, 4.69) is 19.2 Å². The van der Waals surface area contributed by atoms with Crippen molar-refractivity contribution in [2.45, 2.75) is 116 Å². The van der Waals surface area contributed by atoms with Gasteiger partial charge in [-0.15, -0.1) is 0 Å². The molecule has 1 rings (SSSR count). The third-order valence-corrected chi connectivity index (χ3v) is 4.97. The van der Waals surface area contributed by atoms with Crippen LogP contribution in [0.3, 0.4) is 0 Å². The second kappa shape index (κ2) is 14.5. The molecule has 2 heteroatoms. The number of ether oxygens (including phenoxy) is 1. The van der Waals surface area contributed by atoms with E-state index in [9.17, 15) is 0 Å². The Bertz CT molecular complexity index is 212. The third-order valence-electron chi connectivity index (χ3n) is 4.97. The Kier molecular flexibility index (Phi) is 13.2. The Hall–Kier alpha value is -0.0800. The zero-order chi connectivity index (χ0) is 15.9. The molecule has 1 fully saturated rings. The standard InChI is InChI=1S/C20H41NO/c1-3-5-7-9-11-14-19(15-12-10-8-6-4-2)21-18-20-16-13-17-22-20/h19-21H,3-18H2,1-2H3. The Balaban J connectivity index is 2.13. The summed E-state index contributed by atoms with van der Waals surface area (Å²) in [7, 11) is 0. The quantitative estimate of drug-likeness (QED) is 0.383. The van der Waals surface area contributed by atoms with Gasteiger partial charge < -0.3 is 10.1 Å². The second-order valence-corrected chi connectivity index (χ2v) is 7.15. The van der Waals surface area contributed by atoms with Gasteiger partial charge in [0.1, 0.15) is 0 Å². The first-order valence-electron chi connectivity index (χ1n) is 10.2. The lowest BCUT2D eigenvalue weighted by molar-refractivity contribution is 0.106. The van der Waals surface area contributed by atoms with Crippen LogP contribution in [-0.4, -0.2) is 25.3 Å². The molecule has 2 nitrogen and oxygen atoms in total. The van der Waals surface area contributed by atoms with Crippen molar-refractivity contribution in [2.24, 2.45) is 0 Å². The largest absolute Gasteiger partial charge is 0.377 e. The molecule has 1 heterocycles. The summed E-state index contributed by atoms with van der Waals surface area (Å²) in [5.74, 6) is 0. The minimum absolute atomic E-state index is 0.489. The molecule has 1 unspecified atom stereocenters.